The number of anilines is 2. The highest BCUT2D eigenvalue weighted by molar-refractivity contribution is 5.96. The number of carbonyl (C=O) groups excluding carboxylic acids is 2. The number of rotatable bonds is 4. The summed E-state index contributed by atoms with van der Waals surface area (Å²) in [5.74, 6) is 1.31. The zero-order valence-corrected chi connectivity index (χ0v) is 17.6. The van der Waals surface area contributed by atoms with Gasteiger partial charge in [0.05, 0.1) is 0 Å². The molecule has 0 aliphatic carbocycles. The lowest BCUT2D eigenvalue weighted by Gasteiger charge is -2.39. The van der Waals surface area contributed by atoms with Gasteiger partial charge in [-0.3, -0.25) is 14.5 Å². The number of aromatic nitrogens is 2. The molecule has 1 aliphatic rings. The summed E-state index contributed by atoms with van der Waals surface area (Å²) in [7, 11) is 5.40. The van der Waals surface area contributed by atoms with E-state index in [1.165, 1.54) is 0 Å². The Labute approximate surface area is 171 Å². The number of nitrogens with one attached hydrogen (secondary N) is 1. The molecule has 0 unspecified atom stereocenters. The summed E-state index contributed by atoms with van der Waals surface area (Å²) in [6.07, 6.45) is 0. The van der Waals surface area contributed by atoms with Crippen molar-refractivity contribution in [3.05, 3.63) is 47.4 Å². The van der Waals surface area contributed by atoms with Crippen LogP contribution in [-0.2, 0) is 4.79 Å². The minimum Gasteiger partial charge on any atom is -0.347 e. The molecule has 2 aromatic rings. The summed E-state index contributed by atoms with van der Waals surface area (Å²) in [6, 6.07) is 8.89. The van der Waals surface area contributed by atoms with Crippen molar-refractivity contribution >= 4 is 23.3 Å². The summed E-state index contributed by atoms with van der Waals surface area (Å²) in [6.45, 7) is 5.39. The normalized spacial score (nSPS) is 17.1. The van der Waals surface area contributed by atoms with E-state index in [2.05, 4.69) is 15.3 Å². The third-order valence-electron chi connectivity index (χ3n) is 5.01. The highest BCUT2D eigenvalue weighted by Crippen LogP contribution is 2.19. The number of piperazine rings is 1. The van der Waals surface area contributed by atoms with Crippen LogP contribution in [0.3, 0.4) is 0 Å². The number of benzene rings is 1. The predicted molar refractivity (Wildman–Crippen MR) is 112 cm³/mol. The van der Waals surface area contributed by atoms with E-state index >= 15 is 0 Å². The van der Waals surface area contributed by atoms with Crippen molar-refractivity contribution in [2.45, 2.75) is 19.9 Å². The minimum atomic E-state index is -0.323. The highest BCUT2D eigenvalue weighted by atomic mass is 16.2. The maximum Gasteiger partial charge on any atom is 0.254 e. The number of hydrogen-bond acceptors (Lipinski definition) is 6. The zero-order valence-electron chi connectivity index (χ0n) is 17.6. The van der Waals surface area contributed by atoms with E-state index < -0.39 is 0 Å². The molecule has 1 N–H and O–H groups in total. The average molecular weight is 396 g/mol. The van der Waals surface area contributed by atoms with Crippen LogP contribution in [0.5, 0.6) is 0 Å². The van der Waals surface area contributed by atoms with E-state index in [0.717, 1.165) is 11.4 Å². The minimum absolute atomic E-state index is 0.00918. The van der Waals surface area contributed by atoms with Crippen molar-refractivity contribution in [3.63, 3.8) is 0 Å². The molecule has 1 aromatic heterocycles. The van der Waals surface area contributed by atoms with Crippen LogP contribution < -0.4 is 5.32 Å². The molecule has 2 amide bonds. The largest absolute Gasteiger partial charge is 0.347 e. The van der Waals surface area contributed by atoms with E-state index in [4.69, 9.17) is 0 Å². The predicted octanol–water partition coefficient (Wildman–Crippen LogP) is 1.68. The maximum atomic E-state index is 13.1. The van der Waals surface area contributed by atoms with Crippen molar-refractivity contribution < 1.29 is 9.59 Å². The van der Waals surface area contributed by atoms with E-state index in [9.17, 15) is 9.59 Å². The maximum absolute atomic E-state index is 13.1. The van der Waals surface area contributed by atoms with Gasteiger partial charge in [-0.2, -0.15) is 0 Å². The molecule has 1 atom stereocenters. The Morgan fingerprint density at radius 1 is 1.14 bits per heavy atom. The number of amides is 2. The zero-order chi connectivity index (χ0) is 21.1. The van der Waals surface area contributed by atoms with Crippen LogP contribution in [0.1, 0.15) is 21.9 Å². The summed E-state index contributed by atoms with van der Waals surface area (Å²) >= 11 is 0. The quantitative estimate of drug-likeness (QED) is 0.847. The molecule has 29 heavy (non-hydrogen) atoms. The summed E-state index contributed by atoms with van der Waals surface area (Å²) in [5, 5.41) is 3.24. The second-order valence-electron chi connectivity index (χ2n) is 7.63. The monoisotopic (exact) mass is 396 g/mol. The van der Waals surface area contributed by atoms with E-state index in [-0.39, 0.29) is 17.9 Å². The molecule has 0 spiro atoms. The number of hydrogen-bond donors (Lipinski definition) is 1. The van der Waals surface area contributed by atoms with Crippen molar-refractivity contribution in [1.29, 1.82) is 0 Å². The smallest absolute Gasteiger partial charge is 0.254 e. The highest BCUT2D eigenvalue weighted by Gasteiger charge is 2.33. The second-order valence-corrected chi connectivity index (χ2v) is 7.63. The third-order valence-corrected chi connectivity index (χ3v) is 5.01. The average Bonchev–Trinajstić information content (AvgIpc) is 2.66. The van der Waals surface area contributed by atoms with Gasteiger partial charge in [-0.25, -0.2) is 9.97 Å². The number of likely N-dealkylation sites (N-methyl/N-ethyl adjacent to an activating group) is 2. The van der Waals surface area contributed by atoms with Crippen LogP contribution in [0.25, 0.3) is 0 Å². The van der Waals surface area contributed by atoms with E-state index in [1.54, 1.807) is 30.0 Å². The molecule has 8 nitrogen and oxygen atoms in total. The number of carbonyl (C=O) groups is 2. The van der Waals surface area contributed by atoms with Gasteiger partial charge in [0, 0.05) is 56.7 Å². The first-order chi connectivity index (χ1) is 13.7. The topological polar surface area (TPSA) is 81.7 Å². The Morgan fingerprint density at radius 3 is 2.59 bits per heavy atom. The Balaban J connectivity index is 1.76. The standard InChI is InChI=1S/C21H28N6O2/c1-14-11-19(23-15(2)22-14)24-17-8-6-7-16(12-17)20(28)27-10-9-26(5)18(13-27)21(29)25(3)4/h6-8,11-12,18H,9-10,13H2,1-5H3,(H,22,23,24)/t18-/m1/s1. The van der Waals surface area contributed by atoms with Gasteiger partial charge in [0.2, 0.25) is 5.91 Å². The van der Waals surface area contributed by atoms with Gasteiger partial charge < -0.3 is 15.1 Å². The van der Waals surface area contributed by atoms with Crippen LogP contribution in [0.15, 0.2) is 30.3 Å². The van der Waals surface area contributed by atoms with Crippen LogP contribution in [0.4, 0.5) is 11.5 Å². The fourth-order valence-corrected chi connectivity index (χ4v) is 3.46. The van der Waals surface area contributed by atoms with Gasteiger partial charge in [0.15, 0.2) is 0 Å². The third kappa shape index (κ3) is 4.89. The second kappa shape index (κ2) is 8.57. The van der Waals surface area contributed by atoms with E-state index in [1.807, 2.05) is 50.1 Å². The van der Waals surface area contributed by atoms with Crippen molar-refractivity contribution in [2.24, 2.45) is 0 Å². The summed E-state index contributed by atoms with van der Waals surface area (Å²) in [5.41, 5.74) is 2.24. The first-order valence-electron chi connectivity index (χ1n) is 9.64. The van der Waals surface area contributed by atoms with Gasteiger partial charge in [-0.15, -0.1) is 0 Å². The molecule has 2 heterocycles. The molecule has 1 fully saturated rings. The Bertz CT molecular complexity index is 894. The molecule has 0 saturated carbocycles. The molecular formula is C21H28N6O2. The van der Waals surface area contributed by atoms with Crippen LogP contribution >= 0.6 is 0 Å². The van der Waals surface area contributed by atoms with Gasteiger partial charge in [-0.1, -0.05) is 6.07 Å². The van der Waals surface area contributed by atoms with Gasteiger partial charge >= 0.3 is 0 Å². The molecule has 3 rings (SSSR count). The number of aryl methyl sites for hydroxylation is 2. The van der Waals surface area contributed by atoms with Gasteiger partial charge in [0.25, 0.3) is 5.91 Å². The Hall–Kier alpha value is -3.00. The lowest BCUT2D eigenvalue weighted by atomic mass is 10.1. The van der Waals surface area contributed by atoms with Crippen molar-refractivity contribution in [3.8, 4) is 0 Å². The SMILES string of the molecule is Cc1cc(Nc2cccc(C(=O)N3CCN(C)[C@@H](C(=O)N(C)C)C3)c2)nc(C)n1. The molecule has 1 saturated heterocycles. The first kappa shape index (κ1) is 20.7. The first-order valence-corrected chi connectivity index (χ1v) is 9.64. The summed E-state index contributed by atoms with van der Waals surface area (Å²) < 4.78 is 0. The fourth-order valence-electron chi connectivity index (χ4n) is 3.46. The molecule has 1 aliphatic heterocycles. The lowest BCUT2D eigenvalue weighted by Crippen LogP contribution is -2.58. The molecule has 8 heteroatoms. The fraction of sp³-hybridized carbons (Fsp3) is 0.429. The molecule has 1 aromatic carbocycles. The van der Waals surface area contributed by atoms with Crippen LogP contribution in [-0.4, -0.2) is 83.3 Å². The van der Waals surface area contributed by atoms with Gasteiger partial charge in [-0.05, 0) is 39.1 Å². The summed E-state index contributed by atoms with van der Waals surface area (Å²) in [4.78, 5) is 39.5. The molecular weight excluding hydrogens is 368 g/mol. The Morgan fingerprint density at radius 2 is 1.90 bits per heavy atom. The molecule has 0 bridgehead atoms. The number of nitrogens with zero attached hydrogens (tertiary/aromatic N) is 5. The molecule has 154 valence electrons. The van der Waals surface area contributed by atoms with Crippen molar-refractivity contribution in [1.82, 2.24) is 24.7 Å². The molecule has 0 radical (unpaired) electrons. The van der Waals surface area contributed by atoms with Crippen LogP contribution in [0, 0.1) is 13.8 Å². The van der Waals surface area contributed by atoms with Gasteiger partial charge in [0.1, 0.15) is 17.7 Å². The lowest BCUT2D eigenvalue weighted by molar-refractivity contribution is -0.135. The van der Waals surface area contributed by atoms with E-state index in [0.29, 0.717) is 36.8 Å². The van der Waals surface area contributed by atoms with Crippen LogP contribution in [0.2, 0.25) is 0 Å². The van der Waals surface area contributed by atoms with Crippen molar-refractivity contribution in [2.75, 3.05) is 46.1 Å². The Kier molecular flexibility index (Phi) is 6.12.